The Bertz CT molecular complexity index is 704. The lowest BCUT2D eigenvalue weighted by Gasteiger charge is -2.32. The molecule has 2 amide bonds. The molecule has 0 aromatic carbocycles. The van der Waals surface area contributed by atoms with Crippen molar-refractivity contribution in [2.75, 3.05) is 26.7 Å². The van der Waals surface area contributed by atoms with E-state index in [0.717, 1.165) is 15.6 Å². The number of amides is 2. The molecule has 2 heterocycles. The minimum atomic E-state index is -3.75. The minimum absolute atomic E-state index is 0.0893. The topological polar surface area (TPSA) is 101 Å². The molecule has 1 aromatic heterocycles. The quantitative estimate of drug-likeness (QED) is 0.815. The van der Waals surface area contributed by atoms with Crippen LogP contribution in [-0.2, 0) is 19.6 Å². The van der Waals surface area contributed by atoms with Crippen LogP contribution in [0.4, 0.5) is 0 Å². The van der Waals surface area contributed by atoms with Gasteiger partial charge in [-0.3, -0.25) is 9.59 Å². The second kappa shape index (κ2) is 7.16. The highest BCUT2D eigenvalue weighted by molar-refractivity contribution is 7.91. The SMILES string of the molecule is CN(CC(=O)N1CCCC(C(N)=O)C1)S(=O)(=O)c1ccc(Cl)s1. The summed E-state index contributed by atoms with van der Waals surface area (Å²) in [5.74, 6) is -1.15. The summed E-state index contributed by atoms with van der Waals surface area (Å²) >= 11 is 6.70. The number of rotatable bonds is 5. The van der Waals surface area contributed by atoms with Crippen molar-refractivity contribution in [2.45, 2.75) is 17.1 Å². The molecule has 1 atom stereocenters. The Balaban J connectivity index is 2.03. The maximum absolute atomic E-state index is 12.4. The van der Waals surface area contributed by atoms with Crippen molar-refractivity contribution in [1.82, 2.24) is 9.21 Å². The Hall–Kier alpha value is -1.16. The number of sulfonamides is 1. The molecule has 1 fully saturated rings. The molecule has 7 nitrogen and oxygen atoms in total. The molecule has 1 unspecified atom stereocenters. The van der Waals surface area contributed by atoms with Crippen LogP contribution in [0.2, 0.25) is 4.34 Å². The summed E-state index contributed by atoms with van der Waals surface area (Å²) in [6, 6.07) is 2.91. The summed E-state index contributed by atoms with van der Waals surface area (Å²) in [5.41, 5.74) is 5.28. The van der Waals surface area contributed by atoms with Crippen LogP contribution in [0.3, 0.4) is 0 Å². The molecule has 0 aliphatic carbocycles. The van der Waals surface area contributed by atoms with Crippen LogP contribution < -0.4 is 5.73 Å². The molecule has 10 heteroatoms. The number of thiophene rings is 1. The molecule has 0 spiro atoms. The first-order valence-electron chi connectivity index (χ1n) is 7.00. The van der Waals surface area contributed by atoms with Gasteiger partial charge in [-0.15, -0.1) is 11.3 Å². The summed E-state index contributed by atoms with van der Waals surface area (Å²) in [4.78, 5) is 25.1. The number of nitrogens with zero attached hydrogens (tertiary/aromatic N) is 2. The number of hydrogen-bond acceptors (Lipinski definition) is 5. The molecular weight excluding hydrogens is 362 g/mol. The molecule has 1 aliphatic heterocycles. The van der Waals surface area contributed by atoms with E-state index in [1.807, 2.05) is 0 Å². The second-order valence-corrected chi connectivity index (χ2v) is 9.39. The zero-order chi connectivity index (χ0) is 17.2. The number of halogens is 1. The molecule has 128 valence electrons. The van der Waals surface area contributed by atoms with Crippen molar-refractivity contribution >= 4 is 44.8 Å². The first-order valence-corrected chi connectivity index (χ1v) is 9.64. The van der Waals surface area contributed by atoms with E-state index in [4.69, 9.17) is 17.3 Å². The second-order valence-electron chi connectivity index (χ2n) is 5.40. The number of nitrogens with two attached hydrogens (primary N) is 1. The van der Waals surface area contributed by atoms with Crippen LogP contribution in [0.15, 0.2) is 16.3 Å². The van der Waals surface area contributed by atoms with E-state index in [2.05, 4.69) is 0 Å². The number of carbonyl (C=O) groups excluding carboxylic acids is 2. The highest BCUT2D eigenvalue weighted by atomic mass is 35.5. The normalized spacial score (nSPS) is 19.1. The molecule has 0 bridgehead atoms. The van der Waals surface area contributed by atoms with Crippen molar-refractivity contribution in [1.29, 1.82) is 0 Å². The number of likely N-dealkylation sites (tertiary alicyclic amines) is 1. The highest BCUT2D eigenvalue weighted by Gasteiger charge is 2.30. The van der Waals surface area contributed by atoms with Gasteiger partial charge in [-0.05, 0) is 25.0 Å². The lowest BCUT2D eigenvalue weighted by atomic mass is 9.97. The van der Waals surface area contributed by atoms with Gasteiger partial charge < -0.3 is 10.6 Å². The largest absolute Gasteiger partial charge is 0.369 e. The lowest BCUT2D eigenvalue weighted by molar-refractivity contribution is -0.134. The smallest absolute Gasteiger partial charge is 0.252 e. The average molecular weight is 380 g/mol. The van der Waals surface area contributed by atoms with Crippen LogP contribution in [0, 0.1) is 5.92 Å². The van der Waals surface area contributed by atoms with E-state index in [9.17, 15) is 18.0 Å². The first kappa shape index (κ1) is 18.2. The van der Waals surface area contributed by atoms with E-state index < -0.39 is 15.9 Å². The lowest BCUT2D eigenvalue weighted by Crippen LogP contribution is -2.47. The fourth-order valence-corrected chi connectivity index (χ4v) is 5.22. The van der Waals surface area contributed by atoms with E-state index in [0.29, 0.717) is 23.7 Å². The predicted octanol–water partition coefficient (Wildman–Crippen LogP) is 0.746. The zero-order valence-corrected chi connectivity index (χ0v) is 15.0. The summed E-state index contributed by atoms with van der Waals surface area (Å²) in [6.45, 7) is 0.456. The summed E-state index contributed by atoms with van der Waals surface area (Å²) in [6.07, 6.45) is 1.33. The number of carbonyl (C=O) groups is 2. The Morgan fingerprint density at radius 2 is 2.17 bits per heavy atom. The highest BCUT2D eigenvalue weighted by Crippen LogP contribution is 2.27. The Morgan fingerprint density at radius 1 is 1.48 bits per heavy atom. The van der Waals surface area contributed by atoms with Gasteiger partial charge in [0.1, 0.15) is 4.21 Å². The Morgan fingerprint density at radius 3 is 2.74 bits per heavy atom. The van der Waals surface area contributed by atoms with Crippen molar-refractivity contribution in [3.63, 3.8) is 0 Å². The van der Waals surface area contributed by atoms with E-state index in [1.165, 1.54) is 24.1 Å². The van der Waals surface area contributed by atoms with Gasteiger partial charge in [0.25, 0.3) is 10.0 Å². The first-order chi connectivity index (χ1) is 10.7. The van der Waals surface area contributed by atoms with Gasteiger partial charge in [-0.25, -0.2) is 8.42 Å². The molecule has 1 saturated heterocycles. The van der Waals surface area contributed by atoms with Gasteiger partial charge in [0.05, 0.1) is 16.8 Å². The standard InChI is InChI=1S/C13H18ClN3O4S2/c1-16(23(20,21)12-5-4-10(14)22-12)8-11(18)17-6-2-3-9(7-17)13(15)19/h4-5,9H,2-3,6-8H2,1H3,(H2,15,19). The Kier molecular flexibility index (Phi) is 5.66. The van der Waals surface area contributed by atoms with Gasteiger partial charge in [-0.2, -0.15) is 4.31 Å². The third-order valence-corrected chi connectivity index (χ3v) is 7.25. The van der Waals surface area contributed by atoms with Gasteiger partial charge >= 0.3 is 0 Å². The van der Waals surface area contributed by atoms with E-state index >= 15 is 0 Å². The fourth-order valence-electron chi connectivity index (χ4n) is 2.40. The van der Waals surface area contributed by atoms with Gasteiger partial charge in [0.15, 0.2) is 0 Å². The van der Waals surface area contributed by atoms with Crippen LogP contribution in [0.25, 0.3) is 0 Å². The van der Waals surface area contributed by atoms with Gasteiger partial charge in [0.2, 0.25) is 11.8 Å². The average Bonchev–Trinajstić information content (AvgIpc) is 2.94. The molecule has 1 aliphatic rings. The fraction of sp³-hybridized carbons (Fsp3) is 0.538. The minimum Gasteiger partial charge on any atom is -0.369 e. The zero-order valence-electron chi connectivity index (χ0n) is 12.6. The van der Waals surface area contributed by atoms with Crippen LogP contribution in [-0.4, -0.2) is 56.1 Å². The maximum Gasteiger partial charge on any atom is 0.252 e. The van der Waals surface area contributed by atoms with Crippen LogP contribution in [0.1, 0.15) is 12.8 Å². The summed E-state index contributed by atoms with van der Waals surface area (Å²) in [7, 11) is -2.41. The van der Waals surface area contributed by atoms with Gasteiger partial charge in [-0.1, -0.05) is 11.6 Å². The van der Waals surface area contributed by atoms with E-state index in [-0.39, 0.29) is 29.1 Å². The maximum atomic E-state index is 12.4. The summed E-state index contributed by atoms with van der Waals surface area (Å²) < 4.78 is 26.2. The monoisotopic (exact) mass is 379 g/mol. The Labute approximate surface area is 144 Å². The van der Waals surface area contributed by atoms with E-state index in [1.54, 1.807) is 0 Å². The number of hydrogen-bond donors (Lipinski definition) is 1. The third kappa shape index (κ3) is 4.23. The molecule has 2 rings (SSSR count). The molecule has 0 radical (unpaired) electrons. The molecule has 1 aromatic rings. The van der Waals surface area contributed by atoms with Gasteiger partial charge in [0, 0.05) is 20.1 Å². The molecule has 0 saturated carbocycles. The number of likely N-dealkylation sites (N-methyl/N-ethyl adjacent to an activating group) is 1. The molecule has 2 N–H and O–H groups in total. The van der Waals surface area contributed by atoms with Crippen LogP contribution >= 0.6 is 22.9 Å². The third-order valence-electron chi connectivity index (χ3n) is 3.75. The van der Waals surface area contributed by atoms with Crippen LogP contribution in [0.5, 0.6) is 0 Å². The summed E-state index contributed by atoms with van der Waals surface area (Å²) in [5, 5.41) is 0. The number of primary amides is 1. The van der Waals surface area contributed by atoms with Crippen molar-refractivity contribution in [2.24, 2.45) is 11.7 Å². The molecule has 23 heavy (non-hydrogen) atoms. The van der Waals surface area contributed by atoms with Crippen molar-refractivity contribution in [3.05, 3.63) is 16.5 Å². The van der Waals surface area contributed by atoms with Crippen molar-refractivity contribution < 1.29 is 18.0 Å². The predicted molar refractivity (Wildman–Crippen MR) is 87.6 cm³/mol. The molecular formula is C13H18ClN3O4S2. The van der Waals surface area contributed by atoms with Crippen molar-refractivity contribution in [3.8, 4) is 0 Å². The number of piperidine rings is 1.